The quantitative estimate of drug-likeness (QED) is 0.232. The molecule has 7 nitrogen and oxygen atoms in total. The minimum atomic E-state index is -5.13. The number of halogens is 7. The Morgan fingerprint density at radius 2 is 1.61 bits per heavy atom. The van der Waals surface area contributed by atoms with Crippen LogP contribution in [0.1, 0.15) is 56.0 Å². The maximum absolute atomic E-state index is 13.6. The molecule has 1 aliphatic rings. The molecule has 2 unspecified atom stereocenters. The van der Waals surface area contributed by atoms with Crippen LogP contribution in [-0.2, 0) is 18.8 Å². The number of alkyl halides is 6. The molecule has 2 heterocycles. The van der Waals surface area contributed by atoms with E-state index in [0.717, 1.165) is 6.07 Å². The second kappa shape index (κ2) is 12.5. The van der Waals surface area contributed by atoms with Crippen LogP contribution in [0.5, 0.6) is 0 Å². The minimum Gasteiger partial charge on any atom is -0.451 e. The zero-order chi connectivity index (χ0) is 33.4. The van der Waals surface area contributed by atoms with Gasteiger partial charge in [-0.3, -0.25) is 14.4 Å². The van der Waals surface area contributed by atoms with E-state index in [9.17, 15) is 40.7 Å². The lowest BCUT2D eigenvalue weighted by molar-refractivity contribution is -0.143. The average Bonchev–Trinajstić information content (AvgIpc) is 3.00. The molecule has 4 aromatic rings. The van der Waals surface area contributed by atoms with Crippen molar-refractivity contribution in [2.24, 2.45) is 0 Å². The smallest absolute Gasteiger partial charge is 0.416 e. The van der Waals surface area contributed by atoms with Crippen molar-refractivity contribution < 1.29 is 40.3 Å². The third-order valence-corrected chi connectivity index (χ3v) is 7.86. The first-order valence-electron chi connectivity index (χ1n) is 13.8. The maximum Gasteiger partial charge on any atom is 0.416 e. The number of amides is 2. The summed E-state index contributed by atoms with van der Waals surface area (Å²) in [5.41, 5.74) is -3.56. The zero-order valence-electron chi connectivity index (χ0n) is 23.5. The number of nitrogens with zero attached hydrogens (tertiary/aromatic N) is 2. The number of carbonyl (C=O) groups is 2. The number of likely N-dealkylation sites (tertiary alicyclic amines) is 1. The summed E-state index contributed by atoms with van der Waals surface area (Å²) in [6, 6.07) is 12.9. The van der Waals surface area contributed by atoms with Crippen molar-refractivity contribution in [3.8, 4) is 6.07 Å². The highest BCUT2D eigenvalue weighted by molar-refractivity contribution is 6.30. The van der Waals surface area contributed by atoms with E-state index in [1.54, 1.807) is 24.3 Å². The number of hydrogen-bond donors (Lipinski definition) is 1. The fourth-order valence-electron chi connectivity index (χ4n) is 5.37. The lowest BCUT2D eigenvalue weighted by Gasteiger charge is -2.40. The van der Waals surface area contributed by atoms with Gasteiger partial charge in [0.15, 0.2) is 11.2 Å². The Hall–Kier alpha value is -4.83. The SMILES string of the molecule is N#Cc1ccc2oc(C(=O)NC3CCN(C(=O)c4cc(C(F)(F)F)cc(C(F)(F)F)c4)C(Cc4ccc(Cl)cc4)C3)cc(=O)c2c1. The molecule has 5 rings (SSSR count). The topological polar surface area (TPSA) is 103 Å². The lowest BCUT2D eigenvalue weighted by atomic mass is 9.91. The van der Waals surface area contributed by atoms with E-state index in [-0.39, 0.29) is 54.2 Å². The molecular weight excluding hydrogens is 640 g/mol. The third-order valence-electron chi connectivity index (χ3n) is 7.61. The van der Waals surface area contributed by atoms with Crippen molar-refractivity contribution in [2.45, 2.75) is 43.7 Å². The predicted octanol–water partition coefficient (Wildman–Crippen LogP) is 7.00. The molecule has 2 atom stereocenters. The van der Waals surface area contributed by atoms with Crippen LogP contribution in [0.2, 0.25) is 5.02 Å². The van der Waals surface area contributed by atoms with E-state index < -0.39 is 58.4 Å². The molecule has 1 aromatic heterocycles. The van der Waals surface area contributed by atoms with Crippen molar-refractivity contribution in [1.82, 2.24) is 10.2 Å². The van der Waals surface area contributed by atoms with Gasteiger partial charge in [0, 0.05) is 35.3 Å². The van der Waals surface area contributed by atoms with Crippen LogP contribution in [0.3, 0.4) is 0 Å². The Kier molecular flexibility index (Phi) is 8.86. The Morgan fingerprint density at radius 1 is 0.957 bits per heavy atom. The molecule has 0 radical (unpaired) electrons. The van der Waals surface area contributed by atoms with Gasteiger partial charge in [-0.05, 0) is 73.4 Å². The van der Waals surface area contributed by atoms with Crippen molar-refractivity contribution in [3.63, 3.8) is 0 Å². The standard InChI is InChI=1S/C32H22ClF6N3O4/c33-22-4-1-17(2-5-22)9-24-14-23(41-29(44)28-15-26(43)25-10-18(16-40)3-6-27(25)46-28)7-8-42(24)30(45)19-11-20(31(34,35)36)13-21(12-19)32(37,38)39/h1-6,10-13,15,23-24H,7-9,14H2,(H,41,44). The van der Waals surface area contributed by atoms with Crippen LogP contribution in [0.25, 0.3) is 11.0 Å². The molecule has 1 fully saturated rings. The molecule has 46 heavy (non-hydrogen) atoms. The van der Waals surface area contributed by atoms with E-state index in [2.05, 4.69) is 5.32 Å². The Labute approximate surface area is 262 Å². The third kappa shape index (κ3) is 7.18. The molecule has 0 saturated carbocycles. The van der Waals surface area contributed by atoms with E-state index in [4.69, 9.17) is 21.3 Å². The number of fused-ring (bicyclic) bond motifs is 1. The van der Waals surface area contributed by atoms with Crippen molar-refractivity contribution >= 4 is 34.4 Å². The summed E-state index contributed by atoms with van der Waals surface area (Å²) in [6.45, 7) is -0.113. The number of nitrogens with one attached hydrogen (secondary N) is 1. The second-order valence-corrected chi connectivity index (χ2v) is 11.2. The summed E-state index contributed by atoms with van der Waals surface area (Å²) in [7, 11) is 0. The van der Waals surface area contributed by atoms with Gasteiger partial charge >= 0.3 is 12.4 Å². The van der Waals surface area contributed by atoms with Crippen LogP contribution >= 0.6 is 11.6 Å². The van der Waals surface area contributed by atoms with Crippen molar-refractivity contribution in [3.05, 3.63) is 116 Å². The van der Waals surface area contributed by atoms with Gasteiger partial charge in [0.2, 0.25) is 0 Å². The molecule has 14 heteroatoms. The summed E-state index contributed by atoms with van der Waals surface area (Å²) in [6.07, 6.45) is -9.94. The Morgan fingerprint density at radius 3 is 2.22 bits per heavy atom. The summed E-state index contributed by atoms with van der Waals surface area (Å²) in [5, 5.41) is 12.4. The van der Waals surface area contributed by atoms with Crippen molar-refractivity contribution in [1.29, 1.82) is 5.26 Å². The van der Waals surface area contributed by atoms with Gasteiger partial charge in [-0.15, -0.1) is 0 Å². The molecule has 1 aliphatic heterocycles. The molecule has 0 aliphatic carbocycles. The highest BCUT2D eigenvalue weighted by atomic mass is 35.5. The van der Waals surface area contributed by atoms with E-state index in [1.807, 2.05) is 6.07 Å². The van der Waals surface area contributed by atoms with Crippen LogP contribution in [0.4, 0.5) is 26.3 Å². The van der Waals surface area contributed by atoms with Gasteiger partial charge in [0.25, 0.3) is 11.8 Å². The van der Waals surface area contributed by atoms with Gasteiger partial charge in [0.1, 0.15) is 5.58 Å². The van der Waals surface area contributed by atoms with Crippen LogP contribution in [0, 0.1) is 11.3 Å². The maximum atomic E-state index is 13.6. The first-order chi connectivity index (χ1) is 21.6. The number of nitriles is 1. The van der Waals surface area contributed by atoms with E-state index >= 15 is 0 Å². The summed E-state index contributed by atoms with van der Waals surface area (Å²) in [4.78, 5) is 40.5. The number of benzene rings is 3. The highest BCUT2D eigenvalue weighted by Crippen LogP contribution is 2.37. The lowest BCUT2D eigenvalue weighted by Crippen LogP contribution is -2.52. The number of rotatable bonds is 5. The van der Waals surface area contributed by atoms with Crippen LogP contribution < -0.4 is 10.7 Å². The fourth-order valence-corrected chi connectivity index (χ4v) is 5.50. The molecule has 1 N–H and O–H groups in total. The summed E-state index contributed by atoms with van der Waals surface area (Å²) >= 11 is 5.98. The zero-order valence-corrected chi connectivity index (χ0v) is 24.3. The number of carbonyl (C=O) groups excluding carboxylic acids is 2. The number of hydrogen-bond acceptors (Lipinski definition) is 5. The summed E-state index contributed by atoms with van der Waals surface area (Å²) < 4.78 is 86.7. The monoisotopic (exact) mass is 661 g/mol. The predicted molar refractivity (Wildman–Crippen MR) is 154 cm³/mol. The molecule has 0 spiro atoms. The molecule has 2 amide bonds. The Bertz CT molecular complexity index is 1880. The highest BCUT2D eigenvalue weighted by Gasteiger charge is 2.39. The Balaban J connectivity index is 1.43. The van der Waals surface area contributed by atoms with Crippen molar-refractivity contribution in [2.75, 3.05) is 6.54 Å². The van der Waals surface area contributed by atoms with Gasteiger partial charge < -0.3 is 14.6 Å². The first-order valence-corrected chi connectivity index (χ1v) is 14.1. The van der Waals surface area contributed by atoms with Crippen LogP contribution in [-0.4, -0.2) is 35.3 Å². The molecule has 1 saturated heterocycles. The first kappa shape index (κ1) is 32.6. The molecular formula is C32H22ClF6N3O4. The molecule has 238 valence electrons. The normalized spacial score (nSPS) is 17.0. The second-order valence-electron chi connectivity index (χ2n) is 10.8. The molecule has 0 bridgehead atoms. The summed E-state index contributed by atoms with van der Waals surface area (Å²) in [5.74, 6) is -2.08. The van der Waals surface area contributed by atoms with E-state index in [1.165, 1.54) is 23.1 Å². The average molecular weight is 662 g/mol. The van der Waals surface area contributed by atoms with E-state index in [0.29, 0.717) is 22.7 Å². The van der Waals surface area contributed by atoms with Gasteiger partial charge in [0.05, 0.1) is 28.1 Å². The largest absolute Gasteiger partial charge is 0.451 e. The fraction of sp³-hybridized carbons (Fsp3) is 0.250. The number of piperidine rings is 1. The minimum absolute atomic E-state index is 0.0443. The van der Waals surface area contributed by atoms with Crippen LogP contribution in [0.15, 0.2) is 75.9 Å². The van der Waals surface area contributed by atoms with Gasteiger partial charge in [-0.2, -0.15) is 31.6 Å². The molecule has 3 aromatic carbocycles. The van der Waals surface area contributed by atoms with Gasteiger partial charge in [-0.25, -0.2) is 0 Å². The van der Waals surface area contributed by atoms with Gasteiger partial charge in [-0.1, -0.05) is 23.7 Å².